The molecule has 16 heavy (non-hydrogen) atoms. The molecule has 0 saturated carbocycles. The van der Waals surface area contributed by atoms with Crippen LogP contribution in [0.15, 0.2) is 18.3 Å². The van der Waals surface area contributed by atoms with Gasteiger partial charge in [0.15, 0.2) is 11.5 Å². The van der Waals surface area contributed by atoms with E-state index in [4.69, 9.17) is 5.26 Å². The van der Waals surface area contributed by atoms with Crippen LogP contribution in [-0.2, 0) is 0 Å². The summed E-state index contributed by atoms with van der Waals surface area (Å²) in [6, 6.07) is 5.40. The average Bonchev–Trinajstić information content (AvgIpc) is 2.83. The van der Waals surface area contributed by atoms with Crippen molar-refractivity contribution >= 4 is 5.69 Å². The topological polar surface area (TPSA) is 103 Å². The second-order valence-electron chi connectivity index (χ2n) is 3.15. The Labute approximate surface area is 91.5 Å². The molecule has 1 unspecified atom stereocenters. The van der Waals surface area contributed by atoms with Crippen molar-refractivity contribution in [2.24, 2.45) is 0 Å². The predicted octanol–water partition coefficient (Wildman–Crippen LogP) is 0.639. The highest BCUT2D eigenvalue weighted by Crippen LogP contribution is 2.17. The fourth-order valence-electron chi connectivity index (χ4n) is 1.26. The molecule has 80 valence electrons. The van der Waals surface area contributed by atoms with Gasteiger partial charge >= 0.3 is 0 Å². The molecule has 2 N–H and O–H groups in total. The molecule has 0 aliphatic heterocycles. The van der Waals surface area contributed by atoms with E-state index in [1.165, 1.54) is 0 Å². The summed E-state index contributed by atoms with van der Waals surface area (Å²) in [5.74, 6) is 0.535. The van der Waals surface area contributed by atoms with Crippen molar-refractivity contribution in [3.8, 4) is 6.07 Å². The van der Waals surface area contributed by atoms with E-state index in [0.29, 0.717) is 17.2 Å². The minimum atomic E-state index is -0.143. The smallest absolute Gasteiger partial charge is 0.196 e. The number of nitrogens with one attached hydrogen (secondary N) is 2. The monoisotopic (exact) mass is 215 g/mol. The Morgan fingerprint density at radius 1 is 1.56 bits per heavy atom. The molecule has 2 aromatic rings. The number of hydrogen-bond acceptors (Lipinski definition) is 6. The summed E-state index contributed by atoms with van der Waals surface area (Å²) in [6.07, 6.45) is 1.57. The van der Waals surface area contributed by atoms with Crippen LogP contribution < -0.4 is 5.32 Å². The fraction of sp³-hybridized carbons (Fsp3) is 0.222. The molecule has 2 aromatic heterocycles. The summed E-state index contributed by atoms with van der Waals surface area (Å²) in [5, 5.41) is 25.5. The molecule has 0 bridgehead atoms. The van der Waals surface area contributed by atoms with Gasteiger partial charge in [-0.1, -0.05) is 5.21 Å². The summed E-state index contributed by atoms with van der Waals surface area (Å²) < 4.78 is 0. The van der Waals surface area contributed by atoms with Crippen LogP contribution in [0.2, 0.25) is 0 Å². The van der Waals surface area contributed by atoms with Crippen LogP contribution in [0.1, 0.15) is 24.5 Å². The lowest BCUT2D eigenvalue weighted by Gasteiger charge is -2.11. The standard InChI is InChI=1S/C9H9N7/c1-6(9-13-15-16-14-9)12-7-3-2-4-11-8(7)5-10/h2-4,6,12H,1H3,(H,13,14,15,16). The molecule has 2 rings (SSSR count). The van der Waals surface area contributed by atoms with Gasteiger partial charge in [0.1, 0.15) is 6.07 Å². The molecule has 0 radical (unpaired) electrons. The lowest BCUT2D eigenvalue weighted by molar-refractivity contribution is 0.792. The maximum absolute atomic E-state index is 8.86. The van der Waals surface area contributed by atoms with Gasteiger partial charge in [-0.3, -0.25) is 0 Å². The van der Waals surface area contributed by atoms with Crippen LogP contribution in [0.25, 0.3) is 0 Å². The fourth-order valence-corrected chi connectivity index (χ4v) is 1.26. The molecule has 1 atom stereocenters. The zero-order valence-corrected chi connectivity index (χ0v) is 8.55. The first-order chi connectivity index (χ1) is 7.81. The first-order valence-electron chi connectivity index (χ1n) is 4.66. The van der Waals surface area contributed by atoms with E-state index in [1.807, 2.05) is 13.0 Å². The van der Waals surface area contributed by atoms with E-state index in [0.717, 1.165) is 0 Å². The van der Waals surface area contributed by atoms with E-state index in [-0.39, 0.29) is 6.04 Å². The largest absolute Gasteiger partial charge is 0.373 e. The summed E-state index contributed by atoms with van der Waals surface area (Å²) in [5.41, 5.74) is 1.00. The Bertz CT molecular complexity index is 499. The molecule has 0 amide bonds. The molecule has 2 heterocycles. The Kier molecular flexibility index (Phi) is 2.73. The molecular weight excluding hydrogens is 206 g/mol. The number of anilines is 1. The number of nitriles is 1. The van der Waals surface area contributed by atoms with Gasteiger partial charge in [0.25, 0.3) is 0 Å². The first-order valence-corrected chi connectivity index (χ1v) is 4.66. The van der Waals surface area contributed by atoms with Gasteiger partial charge in [0, 0.05) is 6.20 Å². The Morgan fingerprint density at radius 2 is 2.44 bits per heavy atom. The van der Waals surface area contributed by atoms with Crippen LogP contribution in [0.3, 0.4) is 0 Å². The van der Waals surface area contributed by atoms with Gasteiger partial charge in [0.2, 0.25) is 0 Å². The zero-order chi connectivity index (χ0) is 11.4. The summed E-state index contributed by atoms with van der Waals surface area (Å²) in [7, 11) is 0. The summed E-state index contributed by atoms with van der Waals surface area (Å²) in [6.45, 7) is 1.87. The number of nitrogens with zero attached hydrogens (tertiary/aromatic N) is 5. The summed E-state index contributed by atoms with van der Waals surface area (Å²) >= 11 is 0. The number of aromatic nitrogens is 5. The Morgan fingerprint density at radius 3 is 3.12 bits per heavy atom. The number of aromatic amines is 1. The molecule has 0 aromatic carbocycles. The molecule has 0 spiro atoms. The van der Waals surface area contributed by atoms with Crippen molar-refractivity contribution in [2.45, 2.75) is 13.0 Å². The van der Waals surface area contributed by atoms with Gasteiger partial charge in [-0.15, -0.1) is 10.2 Å². The number of pyridine rings is 1. The molecule has 0 aliphatic carbocycles. The SMILES string of the molecule is CC(Nc1cccnc1C#N)c1nn[nH]n1. The van der Waals surface area contributed by atoms with Crippen molar-refractivity contribution in [2.75, 3.05) is 5.32 Å². The van der Waals surface area contributed by atoms with Crippen LogP contribution in [0, 0.1) is 11.3 Å². The van der Waals surface area contributed by atoms with E-state index < -0.39 is 0 Å². The third kappa shape index (κ3) is 1.95. The van der Waals surface area contributed by atoms with E-state index in [1.54, 1.807) is 18.3 Å². The van der Waals surface area contributed by atoms with Crippen molar-refractivity contribution in [1.29, 1.82) is 5.26 Å². The molecular formula is C9H9N7. The normalized spacial score (nSPS) is 11.8. The van der Waals surface area contributed by atoms with Gasteiger partial charge in [-0.05, 0) is 19.1 Å². The second kappa shape index (κ2) is 4.35. The van der Waals surface area contributed by atoms with Crippen molar-refractivity contribution in [1.82, 2.24) is 25.6 Å². The molecule has 0 saturated heterocycles. The third-order valence-corrected chi connectivity index (χ3v) is 2.03. The highest BCUT2D eigenvalue weighted by atomic mass is 15.5. The average molecular weight is 215 g/mol. The van der Waals surface area contributed by atoms with Crippen LogP contribution in [0.5, 0.6) is 0 Å². The number of rotatable bonds is 3. The summed E-state index contributed by atoms with van der Waals surface area (Å²) in [4.78, 5) is 3.94. The van der Waals surface area contributed by atoms with Crippen molar-refractivity contribution in [3.05, 3.63) is 29.8 Å². The lowest BCUT2D eigenvalue weighted by Crippen LogP contribution is -2.10. The Hall–Kier alpha value is -2.49. The Balaban J connectivity index is 2.19. The van der Waals surface area contributed by atoms with Crippen LogP contribution >= 0.6 is 0 Å². The third-order valence-electron chi connectivity index (χ3n) is 2.03. The number of tetrazole rings is 1. The maximum Gasteiger partial charge on any atom is 0.196 e. The molecule has 7 nitrogen and oxygen atoms in total. The van der Waals surface area contributed by atoms with Gasteiger partial charge in [-0.25, -0.2) is 4.98 Å². The van der Waals surface area contributed by atoms with Gasteiger partial charge in [0.05, 0.1) is 11.7 Å². The molecule has 0 fully saturated rings. The number of H-pyrrole nitrogens is 1. The van der Waals surface area contributed by atoms with Crippen molar-refractivity contribution < 1.29 is 0 Å². The number of hydrogen-bond donors (Lipinski definition) is 2. The van der Waals surface area contributed by atoms with Crippen LogP contribution in [0.4, 0.5) is 5.69 Å². The maximum atomic E-state index is 8.86. The van der Waals surface area contributed by atoms with E-state index in [9.17, 15) is 0 Å². The highest BCUT2D eigenvalue weighted by molar-refractivity contribution is 5.53. The quantitative estimate of drug-likeness (QED) is 0.778. The predicted molar refractivity (Wildman–Crippen MR) is 55.2 cm³/mol. The van der Waals surface area contributed by atoms with E-state index in [2.05, 4.69) is 30.9 Å². The van der Waals surface area contributed by atoms with Gasteiger partial charge in [-0.2, -0.15) is 10.5 Å². The van der Waals surface area contributed by atoms with Gasteiger partial charge < -0.3 is 5.32 Å². The highest BCUT2D eigenvalue weighted by Gasteiger charge is 2.11. The zero-order valence-electron chi connectivity index (χ0n) is 8.55. The minimum Gasteiger partial charge on any atom is -0.373 e. The first kappa shape index (κ1) is 10.0. The van der Waals surface area contributed by atoms with Crippen molar-refractivity contribution in [3.63, 3.8) is 0 Å². The van der Waals surface area contributed by atoms with E-state index >= 15 is 0 Å². The lowest BCUT2D eigenvalue weighted by atomic mass is 10.2. The van der Waals surface area contributed by atoms with Crippen LogP contribution in [-0.4, -0.2) is 25.6 Å². The molecule has 7 heteroatoms. The molecule has 0 aliphatic rings. The second-order valence-corrected chi connectivity index (χ2v) is 3.15. The minimum absolute atomic E-state index is 0.143.